The molecule has 0 radical (unpaired) electrons. The van der Waals surface area contributed by atoms with E-state index in [1.165, 1.54) is 12.1 Å². The van der Waals surface area contributed by atoms with E-state index in [0.717, 1.165) is 0 Å². The summed E-state index contributed by atoms with van der Waals surface area (Å²) in [5.41, 5.74) is 1.83. The van der Waals surface area contributed by atoms with Crippen molar-refractivity contribution in [2.75, 3.05) is 0 Å². The molecule has 0 aliphatic carbocycles. The minimum absolute atomic E-state index is 0.0685. The van der Waals surface area contributed by atoms with E-state index in [1.54, 1.807) is 13.8 Å². The molecule has 1 atom stereocenters. The number of ether oxygens (including phenoxy) is 1. The van der Waals surface area contributed by atoms with Crippen molar-refractivity contribution in [2.24, 2.45) is 0 Å². The van der Waals surface area contributed by atoms with Gasteiger partial charge >= 0.3 is 0 Å². The number of hydrogen-bond acceptors (Lipinski definition) is 6. The van der Waals surface area contributed by atoms with Gasteiger partial charge in [0.25, 0.3) is 10.0 Å². The van der Waals surface area contributed by atoms with Crippen molar-refractivity contribution in [3.8, 4) is 5.75 Å². The number of amides is 1. The molecule has 0 fully saturated rings. The van der Waals surface area contributed by atoms with E-state index in [9.17, 15) is 13.2 Å². The van der Waals surface area contributed by atoms with E-state index in [0.29, 0.717) is 34.8 Å². The highest BCUT2D eigenvalue weighted by atomic mass is 35.5. The zero-order chi connectivity index (χ0) is 18.4. The lowest BCUT2D eigenvalue weighted by Crippen LogP contribution is -2.32. The number of rotatable bonds is 4. The van der Waals surface area contributed by atoms with Crippen LogP contribution in [0.15, 0.2) is 21.6 Å². The number of aryl methyl sites for hydroxylation is 2. The monoisotopic (exact) mass is 384 g/mol. The Labute approximate surface area is 150 Å². The molecule has 134 valence electrons. The molecule has 9 heteroatoms. The van der Waals surface area contributed by atoms with Gasteiger partial charge in [0.05, 0.1) is 22.0 Å². The maximum absolute atomic E-state index is 12.5. The maximum Gasteiger partial charge on any atom is 0.264 e. The minimum atomic E-state index is -4.04. The van der Waals surface area contributed by atoms with Crippen LogP contribution in [0.25, 0.3) is 0 Å². The Morgan fingerprint density at radius 3 is 2.76 bits per heavy atom. The highest BCUT2D eigenvalue weighted by Gasteiger charge is 2.27. The van der Waals surface area contributed by atoms with Crippen LogP contribution in [0.5, 0.6) is 5.75 Å². The molecule has 0 saturated carbocycles. The zero-order valence-corrected chi connectivity index (χ0v) is 15.5. The van der Waals surface area contributed by atoms with Gasteiger partial charge in [-0.05, 0) is 32.9 Å². The first-order valence-corrected chi connectivity index (χ1v) is 9.50. The van der Waals surface area contributed by atoms with Crippen molar-refractivity contribution >= 4 is 27.5 Å². The SMILES string of the molecule is Cc1noc(C)c1CC(=O)NS(=O)(=O)c1cc(Cl)c2c(c1)C[C@H](C)O2. The summed E-state index contributed by atoms with van der Waals surface area (Å²) in [6.45, 7) is 5.23. The molecule has 0 spiro atoms. The van der Waals surface area contributed by atoms with Crippen molar-refractivity contribution in [3.05, 3.63) is 39.7 Å². The number of aromatic nitrogens is 1. The number of nitrogens with one attached hydrogen (secondary N) is 1. The second-order valence-corrected chi connectivity index (χ2v) is 8.12. The van der Waals surface area contributed by atoms with Gasteiger partial charge in [0.1, 0.15) is 17.6 Å². The number of sulfonamides is 1. The number of benzene rings is 1. The van der Waals surface area contributed by atoms with Crippen molar-refractivity contribution in [2.45, 2.75) is 44.6 Å². The minimum Gasteiger partial charge on any atom is -0.489 e. The first-order valence-electron chi connectivity index (χ1n) is 7.64. The predicted molar refractivity (Wildman–Crippen MR) is 90.3 cm³/mol. The van der Waals surface area contributed by atoms with Crippen LogP contribution in [0.2, 0.25) is 5.02 Å². The predicted octanol–water partition coefficient (Wildman–Crippen LogP) is 2.32. The van der Waals surface area contributed by atoms with Gasteiger partial charge in [-0.1, -0.05) is 16.8 Å². The van der Waals surface area contributed by atoms with Gasteiger partial charge < -0.3 is 9.26 Å². The third kappa shape index (κ3) is 3.50. The van der Waals surface area contributed by atoms with Crippen molar-refractivity contribution in [3.63, 3.8) is 0 Å². The molecule has 25 heavy (non-hydrogen) atoms. The molecule has 2 heterocycles. The van der Waals surface area contributed by atoms with Crippen LogP contribution in [-0.2, 0) is 27.7 Å². The molecule has 0 saturated heterocycles. The Bertz CT molecular complexity index is 932. The molecule has 1 aliphatic rings. The van der Waals surface area contributed by atoms with Gasteiger partial charge in [-0.3, -0.25) is 4.79 Å². The van der Waals surface area contributed by atoms with Crippen LogP contribution in [0.1, 0.15) is 29.5 Å². The highest BCUT2D eigenvalue weighted by molar-refractivity contribution is 7.90. The number of carbonyl (C=O) groups is 1. The molecule has 1 aromatic carbocycles. The summed E-state index contributed by atoms with van der Waals surface area (Å²) in [6, 6.07) is 2.76. The summed E-state index contributed by atoms with van der Waals surface area (Å²) < 4.78 is 37.6. The van der Waals surface area contributed by atoms with Gasteiger partial charge in [-0.25, -0.2) is 13.1 Å². The fourth-order valence-corrected chi connectivity index (χ4v) is 4.18. The van der Waals surface area contributed by atoms with Crippen LogP contribution in [-0.4, -0.2) is 25.6 Å². The van der Waals surface area contributed by atoms with Crippen molar-refractivity contribution in [1.29, 1.82) is 0 Å². The number of halogens is 1. The average Bonchev–Trinajstić information content (AvgIpc) is 3.03. The summed E-state index contributed by atoms with van der Waals surface area (Å²) in [6.07, 6.45) is 0.351. The van der Waals surface area contributed by atoms with Crippen LogP contribution in [0.3, 0.4) is 0 Å². The van der Waals surface area contributed by atoms with E-state index >= 15 is 0 Å². The quantitative estimate of drug-likeness (QED) is 0.868. The fourth-order valence-electron chi connectivity index (χ4n) is 2.77. The largest absolute Gasteiger partial charge is 0.489 e. The van der Waals surface area contributed by atoms with Crippen molar-refractivity contribution < 1.29 is 22.5 Å². The van der Waals surface area contributed by atoms with E-state index in [1.807, 2.05) is 6.92 Å². The molecule has 1 amide bonds. The van der Waals surface area contributed by atoms with Crippen LogP contribution >= 0.6 is 11.6 Å². The van der Waals surface area contributed by atoms with E-state index in [4.69, 9.17) is 20.9 Å². The number of hydrogen-bond donors (Lipinski definition) is 1. The number of fused-ring (bicyclic) bond motifs is 1. The molecule has 0 unspecified atom stereocenters. The third-order valence-electron chi connectivity index (χ3n) is 4.00. The summed E-state index contributed by atoms with van der Waals surface area (Å²) in [5.74, 6) is 0.308. The molecule has 1 N–H and O–H groups in total. The van der Waals surface area contributed by atoms with Gasteiger partial charge in [0.15, 0.2) is 0 Å². The summed E-state index contributed by atoms with van der Waals surface area (Å²) in [4.78, 5) is 12.1. The van der Waals surface area contributed by atoms with Crippen LogP contribution in [0, 0.1) is 13.8 Å². The van der Waals surface area contributed by atoms with Crippen LogP contribution in [0.4, 0.5) is 0 Å². The summed E-state index contributed by atoms with van der Waals surface area (Å²) >= 11 is 6.12. The molecular weight excluding hydrogens is 368 g/mol. The first-order chi connectivity index (χ1) is 11.7. The Kier molecular flexibility index (Phi) is 4.51. The number of nitrogens with zero attached hydrogens (tertiary/aromatic N) is 1. The fraction of sp³-hybridized carbons (Fsp3) is 0.375. The molecular formula is C16H17ClN2O5S. The average molecular weight is 385 g/mol. The highest BCUT2D eigenvalue weighted by Crippen LogP contribution is 2.37. The second kappa shape index (κ2) is 6.34. The Balaban J connectivity index is 1.82. The second-order valence-electron chi connectivity index (χ2n) is 6.03. The number of carbonyl (C=O) groups excluding carboxylic acids is 1. The molecule has 7 nitrogen and oxygen atoms in total. The van der Waals surface area contributed by atoms with E-state index in [-0.39, 0.29) is 22.4 Å². The Hall–Kier alpha value is -2.06. The van der Waals surface area contributed by atoms with Gasteiger partial charge in [0, 0.05) is 17.5 Å². The molecule has 0 bridgehead atoms. The summed E-state index contributed by atoms with van der Waals surface area (Å²) in [7, 11) is -4.04. The zero-order valence-electron chi connectivity index (χ0n) is 13.9. The topological polar surface area (TPSA) is 98.5 Å². The van der Waals surface area contributed by atoms with Gasteiger partial charge in [-0.15, -0.1) is 0 Å². The third-order valence-corrected chi connectivity index (χ3v) is 5.63. The molecule has 3 rings (SSSR count). The lowest BCUT2D eigenvalue weighted by molar-refractivity contribution is -0.118. The van der Waals surface area contributed by atoms with Gasteiger partial charge in [0.2, 0.25) is 5.91 Å². The lowest BCUT2D eigenvalue weighted by Gasteiger charge is -2.09. The smallest absolute Gasteiger partial charge is 0.264 e. The molecule has 2 aromatic rings. The molecule has 1 aromatic heterocycles. The standard InChI is InChI=1S/C16H17ClN2O5S/c1-8-4-11-5-12(6-14(17)16(11)23-8)25(21,22)19-15(20)7-13-9(2)18-24-10(13)3/h5-6,8H,4,7H2,1-3H3,(H,19,20)/t8-/m0/s1. The van der Waals surface area contributed by atoms with Gasteiger partial charge in [-0.2, -0.15) is 0 Å². The normalized spacial score (nSPS) is 16.4. The Morgan fingerprint density at radius 1 is 1.40 bits per heavy atom. The lowest BCUT2D eigenvalue weighted by atomic mass is 10.1. The summed E-state index contributed by atoms with van der Waals surface area (Å²) in [5, 5.41) is 3.95. The van der Waals surface area contributed by atoms with Crippen LogP contribution < -0.4 is 9.46 Å². The van der Waals surface area contributed by atoms with E-state index in [2.05, 4.69) is 9.88 Å². The van der Waals surface area contributed by atoms with E-state index < -0.39 is 15.9 Å². The first kappa shape index (κ1) is 17.8. The maximum atomic E-state index is 12.5. The Morgan fingerprint density at radius 2 is 2.12 bits per heavy atom. The molecule has 1 aliphatic heterocycles. The van der Waals surface area contributed by atoms with Crippen molar-refractivity contribution in [1.82, 2.24) is 9.88 Å².